The molecular weight excluding hydrogens is 512 g/mol. The lowest BCUT2D eigenvalue weighted by Gasteiger charge is -2.33. The molecule has 2 amide bonds. The van der Waals surface area contributed by atoms with Gasteiger partial charge in [-0.15, -0.1) is 0 Å². The Balaban J connectivity index is 0.000000638. The lowest BCUT2D eigenvalue weighted by Crippen LogP contribution is -2.43. The molecule has 1 aliphatic heterocycles. The highest BCUT2D eigenvalue weighted by Crippen LogP contribution is 2.19. The number of aromatic nitrogens is 1. The fraction of sp³-hybridized carbons (Fsp3) is 0.440. The summed E-state index contributed by atoms with van der Waals surface area (Å²) in [5.41, 5.74) is 1.30. The van der Waals surface area contributed by atoms with E-state index in [1.165, 1.54) is 24.3 Å². The number of nitrogens with zero attached hydrogens (tertiary/aromatic N) is 3. The Kier molecular flexibility index (Phi) is 11.4. The molecule has 208 valence electrons. The number of ketones is 1. The van der Waals surface area contributed by atoms with Crippen molar-refractivity contribution in [1.82, 2.24) is 20.1 Å². The van der Waals surface area contributed by atoms with E-state index in [-0.39, 0.29) is 17.6 Å². The third-order valence-corrected chi connectivity index (χ3v) is 5.82. The smallest absolute Gasteiger partial charge is 0.490 e. The molecule has 3 rings (SSSR count). The lowest BCUT2D eigenvalue weighted by molar-refractivity contribution is -0.192. The summed E-state index contributed by atoms with van der Waals surface area (Å²) in [5, 5.41) is 10.0. The van der Waals surface area contributed by atoms with E-state index in [1.54, 1.807) is 25.3 Å². The Bertz CT molecular complexity index is 1060. The number of likely N-dealkylation sites (tertiary alicyclic amines) is 1. The van der Waals surface area contributed by atoms with E-state index in [0.29, 0.717) is 36.9 Å². The third-order valence-electron chi connectivity index (χ3n) is 5.82. The minimum absolute atomic E-state index is 0.00193. The normalized spacial score (nSPS) is 14.2. The Hall–Kier alpha value is -3.74. The number of carboxylic acid groups (broad SMARTS) is 1. The van der Waals surface area contributed by atoms with Crippen molar-refractivity contribution in [2.45, 2.75) is 25.6 Å². The van der Waals surface area contributed by atoms with Gasteiger partial charge in [-0.1, -0.05) is 0 Å². The number of carboxylic acids is 1. The maximum atomic E-state index is 13.0. The first kappa shape index (κ1) is 30.5. The van der Waals surface area contributed by atoms with Gasteiger partial charge in [-0.25, -0.2) is 14.0 Å². The quantitative estimate of drug-likeness (QED) is 0.387. The van der Waals surface area contributed by atoms with Crippen molar-refractivity contribution in [3.8, 4) is 5.75 Å². The molecule has 2 aromatic rings. The summed E-state index contributed by atoms with van der Waals surface area (Å²) in [6, 6.07) is 9.18. The molecule has 1 aliphatic rings. The lowest BCUT2D eigenvalue weighted by atomic mass is 9.96. The van der Waals surface area contributed by atoms with Crippen LogP contribution in [0.4, 0.5) is 22.4 Å². The largest absolute Gasteiger partial charge is 0.495 e. The van der Waals surface area contributed by atoms with Crippen molar-refractivity contribution < 1.29 is 41.8 Å². The molecule has 0 radical (unpaired) electrons. The molecular formula is C25H30F4N4O5. The molecule has 0 atom stereocenters. The summed E-state index contributed by atoms with van der Waals surface area (Å²) >= 11 is 0. The monoisotopic (exact) mass is 542 g/mol. The molecule has 13 heteroatoms. The predicted molar refractivity (Wildman–Crippen MR) is 129 cm³/mol. The number of ether oxygens (including phenoxy) is 1. The Morgan fingerprint density at radius 2 is 1.74 bits per heavy atom. The molecule has 1 aromatic heterocycles. The molecule has 0 aliphatic carbocycles. The Labute approximate surface area is 217 Å². The molecule has 0 unspecified atom stereocenters. The first-order valence-corrected chi connectivity index (χ1v) is 11.7. The third kappa shape index (κ3) is 10.3. The summed E-state index contributed by atoms with van der Waals surface area (Å²) in [6.45, 7) is 2.98. The van der Waals surface area contributed by atoms with Crippen LogP contribution in [0.2, 0.25) is 0 Å². The van der Waals surface area contributed by atoms with Gasteiger partial charge < -0.3 is 20.1 Å². The van der Waals surface area contributed by atoms with Crippen LogP contribution in [0.1, 0.15) is 28.9 Å². The van der Waals surface area contributed by atoms with Gasteiger partial charge in [0, 0.05) is 19.2 Å². The summed E-state index contributed by atoms with van der Waals surface area (Å²) in [6.07, 6.45) is -1.61. The number of carbonyl (C=O) groups excluding carboxylic acids is 2. The van der Waals surface area contributed by atoms with Crippen molar-refractivity contribution in [2.24, 2.45) is 5.92 Å². The number of Topliss-reactive ketones (excluding diaryl/α,β-unsaturated/α-hetero) is 1. The van der Waals surface area contributed by atoms with E-state index in [1.807, 2.05) is 12.1 Å². The summed E-state index contributed by atoms with van der Waals surface area (Å²) in [4.78, 5) is 41.7. The van der Waals surface area contributed by atoms with Crippen LogP contribution < -0.4 is 10.1 Å². The number of amides is 2. The van der Waals surface area contributed by atoms with Crippen molar-refractivity contribution in [3.63, 3.8) is 0 Å². The van der Waals surface area contributed by atoms with Crippen molar-refractivity contribution in [3.05, 3.63) is 59.7 Å². The van der Waals surface area contributed by atoms with E-state index < -0.39 is 12.1 Å². The number of rotatable bonds is 8. The van der Waals surface area contributed by atoms with Crippen LogP contribution >= 0.6 is 0 Å². The highest BCUT2D eigenvalue weighted by Gasteiger charge is 2.38. The number of urea groups is 1. The van der Waals surface area contributed by atoms with Crippen molar-refractivity contribution in [1.29, 1.82) is 0 Å². The summed E-state index contributed by atoms with van der Waals surface area (Å²) < 4.78 is 49.8. The molecule has 0 saturated carbocycles. The average Bonchev–Trinajstić information content (AvgIpc) is 2.88. The van der Waals surface area contributed by atoms with Gasteiger partial charge in [0.15, 0.2) is 5.78 Å². The standard InChI is InChI=1S/C23H29FN4O3.C2HF3O2/c1-27(23(30)26-13-20-7-8-21(31-2)14-25-20)15-17-9-11-28(12-10-17)16-22(29)18-3-5-19(24)6-4-18;3-2(4,5)1(6)7/h3-8,14,17H,9-13,15-16H2,1-2H3,(H,26,30);(H,6,7). The molecule has 2 N–H and O–H groups in total. The molecule has 1 saturated heterocycles. The van der Waals surface area contributed by atoms with E-state index in [0.717, 1.165) is 31.6 Å². The maximum absolute atomic E-state index is 13.0. The zero-order valence-corrected chi connectivity index (χ0v) is 21.0. The molecule has 38 heavy (non-hydrogen) atoms. The second kappa shape index (κ2) is 14.3. The molecule has 0 bridgehead atoms. The number of methoxy groups -OCH3 is 1. The minimum Gasteiger partial charge on any atom is -0.495 e. The molecule has 1 fully saturated rings. The topological polar surface area (TPSA) is 112 Å². The fourth-order valence-corrected chi connectivity index (χ4v) is 3.66. The van der Waals surface area contributed by atoms with Gasteiger partial charge in [0.25, 0.3) is 0 Å². The van der Waals surface area contributed by atoms with Gasteiger partial charge in [-0.3, -0.25) is 14.7 Å². The Morgan fingerprint density at radius 1 is 1.13 bits per heavy atom. The summed E-state index contributed by atoms with van der Waals surface area (Å²) in [5.74, 6) is -2.02. The van der Waals surface area contributed by atoms with E-state index >= 15 is 0 Å². The molecule has 1 aromatic carbocycles. The van der Waals surface area contributed by atoms with Gasteiger partial charge in [0.1, 0.15) is 11.6 Å². The summed E-state index contributed by atoms with van der Waals surface area (Å²) in [7, 11) is 3.38. The average molecular weight is 543 g/mol. The molecule has 2 heterocycles. The van der Waals surface area contributed by atoms with Crippen LogP contribution in [0.3, 0.4) is 0 Å². The number of hydrogen-bond donors (Lipinski definition) is 2. The number of pyridine rings is 1. The first-order chi connectivity index (χ1) is 17.9. The highest BCUT2D eigenvalue weighted by molar-refractivity contribution is 5.97. The van der Waals surface area contributed by atoms with Gasteiger partial charge in [0.2, 0.25) is 0 Å². The van der Waals surface area contributed by atoms with Gasteiger partial charge >= 0.3 is 18.2 Å². The number of halogens is 4. The van der Waals surface area contributed by atoms with Gasteiger partial charge in [-0.2, -0.15) is 13.2 Å². The van der Waals surface area contributed by atoms with Crippen LogP contribution in [0.25, 0.3) is 0 Å². The SMILES string of the molecule is COc1ccc(CNC(=O)N(C)CC2CCN(CC(=O)c3ccc(F)cc3)CC2)nc1.O=C(O)C(F)(F)F. The number of hydrogen-bond acceptors (Lipinski definition) is 6. The number of benzene rings is 1. The van der Waals surface area contributed by atoms with E-state index in [4.69, 9.17) is 14.6 Å². The number of aliphatic carboxylic acids is 1. The van der Waals surface area contributed by atoms with Crippen LogP contribution in [-0.2, 0) is 11.3 Å². The zero-order valence-electron chi connectivity index (χ0n) is 21.0. The number of piperidine rings is 1. The van der Waals surface area contributed by atoms with Crippen LogP contribution in [0, 0.1) is 11.7 Å². The zero-order chi connectivity index (χ0) is 28.3. The fourth-order valence-electron chi connectivity index (χ4n) is 3.66. The Morgan fingerprint density at radius 3 is 2.24 bits per heavy atom. The van der Waals surface area contributed by atoms with Gasteiger partial charge in [-0.05, 0) is 68.2 Å². The second-order valence-electron chi connectivity index (χ2n) is 8.68. The number of alkyl halides is 3. The van der Waals surface area contributed by atoms with Crippen LogP contribution in [0.15, 0.2) is 42.6 Å². The molecule has 9 nitrogen and oxygen atoms in total. The van der Waals surface area contributed by atoms with Crippen molar-refractivity contribution in [2.75, 3.05) is 40.3 Å². The first-order valence-electron chi connectivity index (χ1n) is 11.7. The molecule has 0 spiro atoms. The predicted octanol–water partition coefficient (Wildman–Crippen LogP) is 3.60. The second-order valence-corrected chi connectivity index (χ2v) is 8.68. The van der Waals surface area contributed by atoms with Crippen LogP contribution in [-0.4, -0.2) is 84.2 Å². The maximum Gasteiger partial charge on any atom is 0.490 e. The van der Waals surface area contributed by atoms with Gasteiger partial charge in [0.05, 0.1) is 32.1 Å². The van der Waals surface area contributed by atoms with Crippen molar-refractivity contribution >= 4 is 17.8 Å². The number of nitrogens with one attached hydrogen (secondary N) is 1. The van der Waals surface area contributed by atoms with Crippen LogP contribution in [0.5, 0.6) is 5.75 Å². The van der Waals surface area contributed by atoms with E-state index in [9.17, 15) is 27.2 Å². The van der Waals surface area contributed by atoms with E-state index in [2.05, 4.69) is 15.2 Å². The minimum atomic E-state index is -5.08. The highest BCUT2D eigenvalue weighted by atomic mass is 19.4. The number of carbonyl (C=O) groups is 3.